The average Bonchev–Trinajstić information content (AvgIpc) is 2.80. The summed E-state index contributed by atoms with van der Waals surface area (Å²) in [5.74, 6) is 0. The number of nitrogens with zero attached hydrogens (tertiary/aromatic N) is 2. The van der Waals surface area contributed by atoms with Crippen molar-refractivity contribution in [2.75, 3.05) is 20.1 Å². The van der Waals surface area contributed by atoms with E-state index in [0.717, 1.165) is 30.5 Å². The molecule has 84 valence electrons. The minimum absolute atomic E-state index is 0.0153. The van der Waals surface area contributed by atoms with Crippen molar-refractivity contribution in [3.8, 4) is 0 Å². The smallest absolute Gasteiger partial charge is 0.306 e. The van der Waals surface area contributed by atoms with Crippen LogP contribution < -0.4 is 5.69 Å². The van der Waals surface area contributed by atoms with Crippen molar-refractivity contribution in [3.05, 3.63) is 34.7 Å². The molecule has 1 N–H and O–H groups in total. The molecule has 0 spiro atoms. The lowest BCUT2D eigenvalue weighted by Crippen LogP contribution is -2.24. The largest absolute Gasteiger partial charge is 0.326 e. The van der Waals surface area contributed by atoms with Crippen molar-refractivity contribution in [2.45, 2.75) is 12.5 Å². The molecule has 0 radical (unpaired) electrons. The van der Waals surface area contributed by atoms with Gasteiger partial charge in [-0.3, -0.25) is 4.57 Å². The van der Waals surface area contributed by atoms with E-state index in [2.05, 4.69) is 16.9 Å². The van der Waals surface area contributed by atoms with Gasteiger partial charge in [0.2, 0.25) is 0 Å². The number of hydrogen-bond donors (Lipinski definition) is 1. The van der Waals surface area contributed by atoms with Gasteiger partial charge in [0, 0.05) is 6.54 Å². The first-order chi connectivity index (χ1) is 7.75. The van der Waals surface area contributed by atoms with E-state index in [-0.39, 0.29) is 5.69 Å². The number of aromatic amines is 1. The van der Waals surface area contributed by atoms with Gasteiger partial charge in [0.15, 0.2) is 0 Å². The Hall–Kier alpha value is -1.55. The summed E-state index contributed by atoms with van der Waals surface area (Å²) in [6, 6.07) is 8.19. The van der Waals surface area contributed by atoms with Crippen LogP contribution in [0.15, 0.2) is 29.1 Å². The van der Waals surface area contributed by atoms with Crippen LogP contribution in [0, 0.1) is 0 Å². The van der Waals surface area contributed by atoms with Crippen LogP contribution in [0.25, 0.3) is 11.0 Å². The standard InChI is InChI=1S/C12H15N3O/c1-14-7-6-9(8-14)15-11-5-3-2-4-10(11)13-12(15)16/h2-5,9H,6-8H2,1H3,(H,13,16). The van der Waals surface area contributed by atoms with Crippen molar-refractivity contribution in [1.29, 1.82) is 0 Å². The van der Waals surface area contributed by atoms with Crippen molar-refractivity contribution in [1.82, 2.24) is 14.5 Å². The van der Waals surface area contributed by atoms with Crippen molar-refractivity contribution in [3.63, 3.8) is 0 Å². The van der Waals surface area contributed by atoms with Gasteiger partial charge in [-0.25, -0.2) is 4.79 Å². The van der Waals surface area contributed by atoms with Crippen LogP contribution in [0.5, 0.6) is 0 Å². The number of likely N-dealkylation sites (tertiary alicyclic amines) is 1. The lowest BCUT2D eigenvalue weighted by Gasteiger charge is -2.12. The molecule has 1 fully saturated rings. The van der Waals surface area contributed by atoms with E-state index in [4.69, 9.17) is 0 Å². The molecular weight excluding hydrogens is 202 g/mol. The van der Waals surface area contributed by atoms with Gasteiger partial charge in [-0.2, -0.15) is 0 Å². The topological polar surface area (TPSA) is 41.0 Å². The molecule has 2 aromatic rings. The van der Waals surface area contributed by atoms with E-state index in [0.29, 0.717) is 6.04 Å². The molecule has 1 aliphatic rings. The van der Waals surface area contributed by atoms with E-state index in [1.165, 1.54) is 0 Å². The summed E-state index contributed by atoms with van der Waals surface area (Å²) in [5, 5.41) is 0. The molecule has 0 amide bonds. The Labute approximate surface area is 93.5 Å². The van der Waals surface area contributed by atoms with Crippen LogP contribution in [-0.4, -0.2) is 34.6 Å². The molecule has 1 aromatic heterocycles. The summed E-state index contributed by atoms with van der Waals surface area (Å²) in [5.41, 5.74) is 1.97. The molecule has 2 heterocycles. The van der Waals surface area contributed by atoms with Crippen LogP contribution >= 0.6 is 0 Å². The molecule has 1 saturated heterocycles. The Morgan fingerprint density at radius 1 is 1.38 bits per heavy atom. The maximum absolute atomic E-state index is 11.9. The average molecular weight is 217 g/mol. The zero-order chi connectivity index (χ0) is 11.1. The fraction of sp³-hybridized carbons (Fsp3) is 0.417. The van der Waals surface area contributed by atoms with E-state index >= 15 is 0 Å². The third kappa shape index (κ3) is 1.38. The fourth-order valence-electron chi connectivity index (χ4n) is 2.56. The van der Waals surface area contributed by atoms with Crippen LogP contribution in [0.3, 0.4) is 0 Å². The molecule has 0 aliphatic carbocycles. The molecule has 1 unspecified atom stereocenters. The zero-order valence-electron chi connectivity index (χ0n) is 9.31. The molecular formula is C12H15N3O. The monoisotopic (exact) mass is 217 g/mol. The Bertz CT molecular complexity index is 569. The molecule has 0 bridgehead atoms. The fourth-order valence-corrected chi connectivity index (χ4v) is 2.56. The number of nitrogens with one attached hydrogen (secondary N) is 1. The third-order valence-electron chi connectivity index (χ3n) is 3.36. The lowest BCUT2D eigenvalue weighted by atomic mass is 10.2. The number of aromatic nitrogens is 2. The number of para-hydroxylation sites is 2. The van der Waals surface area contributed by atoms with Crippen LogP contribution in [0.4, 0.5) is 0 Å². The molecule has 16 heavy (non-hydrogen) atoms. The maximum Gasteiger partial charge on any atom is 0.326 e. The van der Waals surface area contributed by atoms with Gasteiger partial charge in [0.25, 0.3) is 0 Å². The summed E-state index contributed by atoms with van der Waals surface area (Å²) < 4.78 is 1.90. The maximum atomic E-state index is 11.9. The summed E-state index contributed by atoms with van der Waals surface area (Å²) >= 11 is 0. The first-order valence-corrected chi connectivity index (χ1v) is 5.63. The Morgan fingerprint density at radius 3 is 2.94 bits per heavy atom. The molecule has 0 saturated carbocycles. The number of benzene rings is 1. The van der Waals surface area contributed by atoms with Crippen LogP contribution in [0.1, 0.15) is 12.5 Å². The minimum atomic E-state index is 0.0153. The van der Waals surface area contributed by atoms with E-state index < -0.39 is 0 Å². The quantitative estimate of drug-likeness (QED) is 0.780. The van der Waals surface area contributed by atoms with Gasteiger partial charge in [-0.1, -0.05) is 12.1 Å². The van der Waals surface area contributed by atoms with Gasteiger partial charge in [0.1, 0.15) is 0 Å². The van der Waals surface area contributed by atoms with E-state index in [9.17, 15) is 4.79 Å². The molecule has 1 aromatic carbocycles. The van der Waals surface area contributed by atoms with Gasteiger partial charge in [-0.15, -0.1) is 0 Å². The Balaban J connectivity index is 2.15. The molecule has 4 heteroatoms. The summed E-state index contributed by atoms with van der Waals surface area (Å²) in [4.78, 5) is 17.1. The highest BCUT2D eigenvalue weighted by atomic mass is 16.1. The second-order valence-corrected chi connectivity index (χ2v) is 4.52. The highest BCUT2D eigenvalue weighted by Gasteiger charge is 2.23. The molecule has 3 rings (SSSR count). The van der Waals surface area contributed by atoms with Crippen molar-refractivity contribution >= 4 is 11.0 Å². The number of imidazole rings is 1. The van der Waals surface area contributed by atoms with Crippen molar-refractivity contribution in [2.24, 2.45) is 0 Å². The molecule has 4 nitrogen and oxygen atoms in total. The van der Waals surface area contributed by atoms with Gasteiger partial charge >= 0.3 is 5.69 Å². The van der Waals surface area contributed by atoms with Gasteiger partial charge in [0.05, 0.1) is 17.1 Å². The Kier molecular flexibility index (Phi) is 2.11. The second kappa shape index (κ2) is 3.49. The number of rotatable bonds is 1. The van der Waals surface area contributed by atoms with Gasteiger partial charge < -0.3 is 9.88 Å². The van der Waals surface area contributed by atoms with Crippen LogP contribution in [-0.2, 0) is 0 Å². The second-order valence-electron chi connectivity index (χ2n) is 4.52. The van der Waals surface area contributed by atoms with Gasteiger partial charge in [-0.05, 0) is 32.1 Å². The highest BCUT2D eigenvalue weighted by molar-refractivity contribution is 5.75. The number of fused-ring (bicyclic) bond motifs is 1. The van der Waals surface area contributed by atoms with Crippen LogP contribution in [0.2, 0.25) is 0 Å². The Morgan fingerprint density at radius 2 is 2.19 bits per heavy atom. The lowest BCUT2D eigenvalue weighted by molar-refractivity contribution is 0.392. The predicted octanol–water partition coefficient (Wildman–Crippen LogP) is 1.21. The number of H-pyrrole nitrogens is 1. The number of hydrogen-bond acceptors (Lipinski definition) is 2. The first kappa shape index (κ1) is 9.66. The number of likely N-dealkylation sites (N-methyl/N-ethyl adjacent to an activating group) is 1. The summed E-state index contributed by atoms with van der Waals surface area (Å²) in [6.45, 7) is 2.03. The van der Waals surface area contributed by atoms with E-state index in [1.807, 2.05) is 28.8 Å². The minimum Gasteiger partial charge on any atom is -0.306 e. The molecule has 1 aliphatic heterocycles. The van der Waals surface area contributed by atoms with E-state index in [1.54, 1.807) is 0 Å². The zero-order valence-corrected chi connectivity index (χ0v) is 9.31. The highest BCUT2D eigenvalue weighted by Crippen LogP contribution is 2.22. The molecule has 1 atom stereocenters. The van der Waals surface area contributed by atoms with Crippen molar-refractivity contribution < 1.29 is 0 Å². The first-order valence-electron chi connectivity index (χ1n) is 5.63. The normalized spacial score (nSPS) is 21.9. The SMILES string of the molecule is CN1CCC(n2c(=O)[nH]c3ccccc32)C1. The summed E-state index contributed by atoms with van der Waals surface area (Å²) in [6.07, 6.45) is 1.05. The summed E-state index contributed by atoms with van der Waals surface area (Å²) in [7, 11) is 2.10. The third-order valence-corrected chi connectivity index (χ3v) is 3.36. The predicted molar refractivity (Wildman–Crippen MR) is 63.7 cm³/mol.